The fourth-order valence-corrected chi connectivity index (χ4v) is 2.07. The van der Waals surface area contributed by atoms with Crippen molar-refractivity contribution in [3.63, 3.8) is 0 Å². The quantitative estimate of drug-likeness (QED) is 0.703. The largest absolute Gasteiger partial charge is 0.347 e. The zero-order valence-corrected chi connectivity index (χ0v) is 9.19. The number of aromatic amines is 1. The van der Waals surface area contributed by atoms with Gasteiger partial charge in [0.05, 0.1) is 6.33 Å². The van der Waals surface area contributed by atoms with E-state index in [0.29, 0.717) is 6.04 Å². The summed E-state index contributed by atoms with van der Waals surface area (Å²) in [6, 6.07) is 0.465. The third-order valence-corrected chi connectivity index (χ3v) is 3.01. The van der Waals surface area contributed by atoms with Gasteiger partial charge in [-0.3, -0.25) is 4.90 Å². The Morgan fingerprint density at radius 2 is 2.47 bits per heavy atom. The van der Waals surface area contributed by atoms with E-state index in [0.717, 1.165) is 38.4 Å². The van der Waals surface area contributed by atoms with Gasteiger partial charge in [-0.2, -0.15) is 0 Å². The first-order chi connectivity index (χ1) is 7.29. The molecule has 5 heteroatoms. The maximum Gasteiger partial charge on any atom is 0.0922 e. The van der Waals surface area contributed by atoms with E-state index in [1.807, 2.05) is 6.20 Å². The maximum atomic E-state index is 5.79. The van der Waals surface area contributed by atoms with Crippen LogP contribution in [0.2, 0.25) is 0 Å². The fraction of sp³-hybridized carbons (Fsp3) is 0.700. The SMILES string of the molecule is CN1CCN(Cc2cnc[nH]2)C(CN)C1. The van der Waals surface area contributed by atoms with E-state index in [9.17, 15) is 0 Å². The van der Waals surface area contributed by atoms with E-state index in [1.54, 1.807) is 6.33 Å². The van der Waals surface area contributed by atoms with Gasteiger partial charge in [-0.25, -0.2) is 4.98 Å². The average Bonchev–Trinajstić information content (AvgIpc) is 2.73. The standard InChI is InChI=1S/C10H19N5/c1-14-2-3-15(10(4-11)7-14)6-9-5-12-8-13-9/h5,8,10H,2-4,6-7,11H2,1H3,(H,12,13). The zero-order chi connectivity index (χ0) is 10.7. The molecule has 2 rings (SSSR count). The van der Waals surface area contributed by atoms with Crippen LogP contribution >= 0.6 is 0 Å². The summed E-state index contributed by atoms with van der Waals surface area (Å²) >= 11 is 0. The van der Waals surface area contributed by atoms with Crippen LogP contribution in [0.3, 0.4) is 0 Å². The molecule has 1 aliphatic heterocycles. The van der Waals surface area contributed by atoms with Gasteiger partial charge in [0, 0.05) is 50.7 Å². The molecule has 0 aromatic carbocycles. The number of likely N-dealkylation sites (N-methyl/N-ethyl adjacent to an activating group) is 1. The van der Waals surface area contributed by atoms with Crippen molar-refractivity contribution >= 4 is 0 Å². The lowest BCUT2D eigenvalue weighted by Crippen LogP contribution is -2.54. The lowest BCUT2D eigenvalue weighted by atomic mass is 10.1. The first-order valence-corrected chi connectivity index (χ1v) is 5.39. The molecule has 1 fully saturated rings. The molecule has 15 heavy (non-hydrogen) atoms. The second kappa shape index (κ2) is 4.74. The molecular weight excluding hydrogens is 190 g/mol. The Kier molecular flexibility index (Phi) is 3.35. The Balaban J connectivity index is 1.95. The van der Waals surface area contributed by atoms with Crippen LogP contribution in [0, 0.1) is 0 Å². The minimum Gasteiger partial charge on any atom is -0.347 e. The lowest BCUT2D eigenvalue weighted by molar-refractivity contribution is 0.0871. The van der Waals surface area contributed by atoms with Crippen LogP contribution < -0.4 is 5.73 Å². The molecule has 0 spiro atoms. The van der Waals surface area contributed by atoms with Crippen LogP contribution in [0.25, 0.3) is 0 Å². The van der Waals surface area contributed by atoms with Crippen molar-refractivity contribution in [2.75, 3.05) is 33.2 Å². The highest BCUT2D eigenvalue weighted by molar-refractivity contribution is 4.96. The summed E-state index contributed by atoms with van der Waals surface area (Å²) in [5, 5.41) is 0. The summed E-state index contributed by atoms with van der Waals surface area (Å²) in [6.45, 7) is 4.90. The van der Waals surface area contributed by atoms with Crippen LogP contribution in [0.1, 0.15) is 5.69 Å². The normalized spacial score (nSPS) is 24.5. The van der Waals surface area contributed by atoms with Crippen LogP contribution in [-0.4, -0.2) is 59.0 Å². The van der Waals surface area contributed by atoms with Gasteiger partial charge in [0.25, 0.3) is 0 Å². The molecule has 1 aromatic rings. The highest BCUT2D eigenvalue weighted by Crippen LogP contribution is 2.10. The molecule has 1 aliphatic rings. The third kappa shape index (κ3) is 2.56. The van der Waals surface area contributed by atoms with Crippen LogP contribution in [0.5, 0.6) is 0 Å². The molecule has 0 saturated carbocycles. The van der Waals surface area contributed by atoms with Gasteiger partial charge in [-0.15, -0.1) is 0 Å². The van der Waals surface area contributed by atoms with Crippen molar-refractivity contribution < 1.29 is 0 Å². The number of piperazine rings is 1. The molecule has 3 N–H and O–H groups in total. The Labute approximate surface area is 90.3 Å². The smallest absolute Gasteiger partial charge is 0.0922 e. The Hall–Kier alpha value is -0.910. The van der Waals surface area contributed by atoms with Crippen molar-refractivity contribution in [2.24, 2.45) is 5.73 Å². The molecule has 0 aliphatic carbocycles. The molecule has 0 radical (unpaired) electrons. The second-order valence-electron chi connectivity index (χ2n) is 4.20. The Bertz CT molecular complexity index is 284. The average molecular weight is 209 g/mol. The molecular formula is C10H19N5. The van der Waals surface area contributed by atoms with Crippen molar-refractivity contribution in [3.05, 3.63) is 18.2 Å². The summed E-state index contributed by atoms with van der Waals surface area (Å²) in [5.41, 5.74) is 6.96. The van der Waals surface area contributed by atoms with E-state index in [-0.39, 0.29) is 0 Å². The highest BCUT2D eigenvalue weighted by Gasteiger charge is 2.23. The zero-order valence-electron chi connectivity index (χ0n) is 9.19. The number of hydrogen-bond donors (Lipinski definition) is 2. The van der Waals surface area contributed by atoms with Crippen LogP contribution in [-0.2, 0) is 6.54 Å². The Morgan fingerprint density at radius 1 is 1.60 bits per heavy atom. The highest BCUT2D eigenvalue weighted by atomic mass is 15.3. The molecule has 1 unspecified atom stereocenters. The van der Waals surface area contributed by atoms with Gasteiger partial charge in [0.15, 0.2) is 0 Å². The summed E-state index contributed by atoms with van der Waals surface area (Å²) in [4.78, 5) is 11.9. The summed E-state index contributed by atoms with van der Waals surface area (Å²) < 4.78 is 0. The number of nitrogens with two attached hydrogens (primary N) is 1. The number of rotatable bonds is 3. The second-order valence-corrected chi connectivity index (χ2v) is 4.20. The van der Waals surface area contributed by atoms with Crippen LogP contribution in [0.4, 0.5) is 0 Å². The number of imidazole rings is 1. The monoisotopic (exact) mass is 209 g/mol. The molecule has 1 aromatic heterocycles. The van der Waals surface area contributed by atoms with Gasteiger partial charge in [-0.1, -0.05) is 0 Å². The number of aromatic nitrogens is 2. The molecule has 1 atom stereocenters. The van der Waals surface area contributed by atoms with E-state index in [4.69, 9.17) is 5.73 Å². The summed E-state index contributed by atoms with van der Waals surface area (Å²) in [6.07, 6.45) is 3.61. The molecule has 1 saturated heterocycles. The summed E-state index contributed by atoms with van der Waals surface area (Å²) in [5.74, 6) is 0. The number of H-pyrrole nitrogens is 1. The number of nitrogens with zero attached hydrogens (tertiary/aromatic N) is 3. The molecule has 84 valence electrons. The first-order valence-electron chi connectivity index (χ1n) is 5.39. The lowest BCUT2D eigenvalue weighted by Gasteiger charge is -2.39. The van der Waals surface area contributed by atoms with Crippen molar-refractivity contribution in [2.45, 2.75) is 12.6 Å². The van der Waals surface area contributed by atoms with Gasteiger partial charge < -0.3 is 15.6 Å². The number of nitrogens with one attached hydrogen (secondary N) is 1. The third-order valence-electron chi connectivity index (χ3n) is 3.01. The first kappa shape index (κ1) is 10.6. The van der Waals surface area contributed by atoms with E-state index in [1.165, 1.54) is 0 Å². The topological polar surface area (TPSA) is 61.2 Å². The maximum absolute atomic E-state index is 5.79. The van der Waals surface area contributed by atoms with Crippen molar-refractivity contribution in [3.8, 4) is 0 Å². The van der Waals surface area contributed by atoms with Gasteiger partial charge in [0.2, 0.25) is 0 Å². The minimum absolute atomic E-state index is 0.465. The van der Waals surface area contributed by atoms with E-state index < -0.39 is 0 Å². The van der Waals surface area contributed by atoms with Crippen molar-refractivity contribution in [1.82, 2.24) is 19.8 Å². The van der Waals surface area contributed by atoms with Gasteiger partial charge in [-0.05, 0) is 7.05 Å². The predicted octanol–water partition coefficient (Wildman–Crippen LogP) is -0.516. The summed E-state index contributed by atoms with van der Waals surface area (Å²) in [7, 11) is 2.15. The number of hydrogen-bond acceptors (Lipinski definition) is 4. The Morgan fingerprint density at radius 3 is 3.13 bits per heavy atom. The predicted molar refractivity (Wildman–Crippen MR) is 59.3 cm³/mol. The van der Waals surface area contributed by atoms with Gasteiger partial charge in [0.1, 0.15) is 0 Å². The molecule has 0 bridgehead atoms. The van der Waals surface area contributed by atoms with E-state index in [2.05, 4.69) is 26.8 Å². The molecule has 5 nitrogen and oxygen atoms in total. The fourth-order valence-electron chi connectivity index (χ4n) is 2.07. The van der Waals surface area contributed by atoms with Gasteiger partial charge >= 0.3 is 0 Å². The van der Waals surface area contributed by atoms with Crippen LogP contribution in [0.15, 0.2) is 12.5 Å². The molecule has 0 amide bonds. The molecule has 2 heterocycles. The minimum atomic E-state index is 0.465. The van der Waals surface area contributed by atoms with E-state index >= 15 is 0 Å². The van der Waals surface area contributed by atoms with Crippen molar-refractivity contribution in [1.29, 1.82) is 0 Å².